The molecular weight excluding hydrogens is 188 g/mol. The summed E-state index contributed by atoms with van der Waals surface area (Å²) in [5, 5.41) is 7.31. The monoisotopic (exact) mass is 210 g/mol. The third-order valence-electron chi connectivity index (χ3n) is 3.76. The summed E-state index contributed by atoms with van der Waals surface area (Å²) >= 11 is 0. The quantitative estimate of drug-likeness (QED) is 0.522. The first-order chi connectivity index (χ1) is 7.20. The predicted octanol–water partition coefficient (Wildman–Crippen LogP) is 2.30. The molecule has 2 rings (SSSR count). The summed E-state index contributed by atoms with van der Waals surface area (Å²) in [6, 6.07) is 0. The van der Waals surface area contributed by atoms with Crippen molar-refractivity contribution in [2.75, 3.05) is 13.2 Å². The van der Waals surface area contributed by atoms with Gasteiger partial charge in [0.2, 0.25) is 0 Å². The van der Waals surface area contributed by atoms with Crippen LogP contribution in [0.4, 0.5) is 0 Å². The lowest BCUT2D eigenvalue weighted by atomic mass is 10.0. The van der Waals surface area contributed by atoms with E-state index in [0.29, 0.717) is 5.84 Å². The van der Waals surface area contributed by atoms with E-state index in [1.807, 2.05) is 0 Å². The largest absolute Gasteiger partial charge is 0.388 e. The summed E-state index contributed by atoms with van der Waals surface area (Å²) in [6.07, 6.45) is 8.57. The van der Waals surface area contributed by atoms with Crippen LogP contribution in [-0.4, -0.2) is 19.0 Å². The number of hydrogen-bond donors (Lipinski definition) is 2. The molecule has 0 saturated heterocycles. The second-order valence-electron chi connectivity index (χ2n) is 5.37. The fourth-order valence-corrected chi connectivity index (χ4v) is 2.57. The van der Waals surface area contributed by atoms with Crippen LogP contribution in [0.15, 0.2) is 0 Å². The molecule has 86 valence electrons. The minimum atomic E-state index is 0.254. The highest BCUT2D eigenvalue weighted by atomic mass is 16.5. The highest BCUT2D eigenvalue weighted by molar-refractivity contribution is 5.78. The van der Waals surface area contributed by atoms with E-state index in [9.17, 15) is 0 Å². The van der Waals surface area contributed by atoms with Gasteiger partial charge in [-0.3, -0.25) is 5.41 Å². The molecule has 0 aromatic rings. The lowest BCUT2D eigenvalue weighted by Gasteiger charge is -2.16. The van der Waals surface area contributed by atoms with Gasteiger partial charge in [0.25, 0.3) is 0 Å². The summed E-state index contributed by atoms with van der Waals surface area (Å²) in [7, 11) is 0. The summed E-state index contributed by atoms with van der Waals surface area (Å²) in [6.45, 7) is 1.75. The third kappa shape index (κ3) is 3.20. The van der Waals surface area contributed by atoms with Gasteiger partial charge in [0.1, 0.15) is 0 Å². The highest BCUT2D eigenvalue weighted by Crippen LogP contribution is 2.48. The van der Waals surface area contributed by atoms with E-state index in [1.165, 1.54) is 38.5 Å². The number of nitrogens with one attached hydrogen (secondary N) is 1. The average molecular weight is 210 g/mol. The Morgan fingerprint density at radius 2 is 2.00 bits per heavy atom. The molecule has 15 heavy (non-hydrogen) atoms. The molecule has 2 saturated carbocycles. The Morgan fingerprint density at radius 1 is 1.33 bits per heavy atom. The Balaban J connectivity index is 1.62. The van der Waals surface area contributed by atoms with Crippen LogP contribution in [0.1, 0.15) is 44.9 Å². The average Bonchev–Trinajstić information content (AvgIpc) is 2.74. The molecule has 0 aromatic heterocycles. The molecule has 2 aliphatic rings. The van der Waals surface area contributed by atoms with Crippen molar-refractivity contribution in [1.29, 1.82) is 5.41 Å². The zero-order chi connectivity index (χ0) is 10.7. The van der Waals surface area contributed by atoms with Gasteiger partial charge in [-0.1, -0.05) is 12.8 Å². The van der Waals surface area contributed by atoms with Crippen LogP contribution in [0.3, 0.4) is 0 Å². The Labute approximate surface area is 91.9 Å². The van der Waals surface area contributed by atoms with Crippen LogP contribution in [0.5, 0.6) is 0 Å². The van der Waals surface area contributed by atoms with Crippen molar-refractivity contribution in [1.82, 2.24) is 0 Å². The first-order valence-corrected chi connectivity index (χ1v) is 6.11. The zero-order valence-electron chi connectivity index (χ0n) is 9.43. The fourth-order valence-electron chi connectivity index (χ4n) is 2.57. The molecule has 2 aliphatic carbocycles. The van der Waals surface area contributed by atoms with Crippen LogP contribution < -0.4 is 5.73 Å². The van der Waals surface area contributed by atoms with Gasteiger partial charge in [-0.15, -0.1) is 0 Å². The molecule has 0 heterocycles. The molecule has 0 aromatic carbocycles. The van der Waals surface area contributed by atoms with Gasteiger partial charge in [-0.25, -0.2) is 0 Å². The predicted molar refractivity (Wildman–Crippen MR) is 61.0 cm³/mol. The van der Waals surface area contributed by atoms with E-state index in [0.717, 1.165) is 25.6 Å². The summed E-state index contributed by atoms with van der Waals surface area (Å²) in [5.41, 5.74) is 5.69. The third-order valence-corrected chi connectivity index (χ3v) is 3.76. The molecule has 0 aliphatic heterocycles. The van der Waals surface area contributed by atoms with E-state index >= 15 is 0 Å². The smallest absolute Gasteiger partial charge is 0.0911 e. The standard InChI is InChI=1S/C12H22N2O/c13-11(14)7-12(5-6-12)9-15-8-10-3-1-2-4-10/h10H,1-9H2,(H3,13,14). The van der Waals surface area contributed by atoms with Gasteiger partial charge >= 0.3 is 0 Å². The second-order valence-corrected chi connectivity index (χ2v) is 5.37. The van der Waals surface area contributed by atoms with Crippen molar-refractivity contribution in [3.8, 4) is 0 Å². The van der Waals surface area contributed by atoms with E-state index in [-0.39, 0.29) is 5.41 Å². The van der Waals surface area contributed by atoms with Crippen LogP contribution in [0.2, 0.25) is 0 Å². The van der Waals surface area contributed by atoms with E-state index < -0.39 is 0 Å². The minimum absolute atomic E-state index is 0.254. The van der Waals surface area contributed by atoms with Crippen molar-refractivity contribution in [2.24, 2.45) is 17.1 Å². The Bertz CT molecular complexity index is 230. The molecule has 0 atom stereocenters. The lowest BCUT2D eigenvalue weighted by Crippen LogP contribution is -2.21. The van der Waals surface area contributed by atoms with Crippen molar-refractivity contribution < 1.29 is 4.74 Å². The molecule has 3 nitrogen and oxygen atoms in total. The van der Waals surface area contributed by atoms with Gasteiger partial charge in [-0.2, -0.15) is 0 Å². The van der Waals surface area contributed by atoms with Crippen LogP contribution >= 0.6 is 0 Å². The number of ether oxygens (including phenoxy) is 1. The number of hydrogen-bond acceptors (Lipinski definition) is 2. The maximum atomic E-state index is 7.31. The number of rotatable bonds is 6. The fraction of sp³-hybridized carbons (Fsp3) is 0.917. The summed E-state index contributed by atoms with van der Waals surface area (Å²) < 4.78 is 5.79. The van der Waals surface area contributed by atoms with E-state index in [4.69, 9.17) is 15.9 Å². The molecule has 0 radical (unpaired) electrons. The molecule has 0 spiro atoms. The van der Waals surface area contributed by atoms with E-state index in [1.54, 1.807) is 0 Å². The molecule has 0 unspecified atom stereocenters. The van der Waals surface area contributed by atoms with Crippen molar-refractivity contribution in [3.05, 3.63) is 0 Å². The molecule has 3 N–H and O–H groups in total. The maximum Gasteiger partial charge on any atom is 0.0911 e. The lowest BCUT2D eigenvalue weighted by molar-refractivity contribution is 0.0667. The molecule has 3 heteroatoms. The van der Waals surface area contributed by atoms with Crippen molar-refractivity contribution >= 4 is 5.84 Å². The highest BCUT2D eigenvalue weighted by Gasteiger charge is 2.43. The Morgan fingerprint density at radius 3 is 2.53 bits per heavy atom. The van der Waals surface area contributed by atoms with Gasteiger partial charge in [0, 0.05) is 18.4 Å². The van der Waals surface area contributed by atoms with Crippen molar-refractivity contribution in [3.63, 3.8) is 0 Å². The maximum absolute atomic E-state index is 7.31. The van der Waals surface area contributed by atoms with Crippen LogP contribution in [0, 0.1) is 16.7 Å². The molecular formula is C12H22N2O. The van der Waals surface area contributed by atoms with E-state index in [2.05, 4.69) is 0 Å². The van der Waals surface area contributed by atoms with Crippen LogP contribution in [-0.2, 0) is 4.74 Å². The van der Waals surface area contributed by atoms with Crippen molar-refractivity contribution in [2.45, 2.75) is 44.9 Å². The van der Waals surface area contributed by atoms with Gasteiger partial charge in [-0.05, 0) is 31.6 Å². The van der Waals surface area contributed by atoms with Gasteiger partial charge in [0.05, 0.1) is 12.4 Å². The minimum Gasteiger partial charge on any atom is -0.388 e. The molecule has 0 bridgehead atoms. The Kier molecular flexibility index (Phi) is 3.29. The van der Waals surface area contributed by atoms with Crippen LogP contribution in [0.25, 0.3) is 0 Å². The molecule has 2 fully saturated rings. The second kappa shape index (κ2) is 4.52. The number of amidine groups is 1. The summed E-state index contributed by atoms with van der Waals surface area (Å²) in [5.74, 6) is 1.12. The van der Waals surface area contributed by atoms with Gasteiger partial charge < -0.3 is 10.5 Å². The topological polar surface area (TPSA) is 59.1 Å². The first kappa shape index (κ1) is 10.9. The summed E-state index contributed by atoms with van der Waals surface area (Å²) in [4.78, 5) is 0. The molecule has 0 amide bonds. The normalized spacial score (nSPS) is 24.3. The Hall–Kier alpha value is -0.570. The first-order valence-electron chi connectivity index (χ1n) is 6.11. The number of nitrogens with two attached hydrogens (primary N) is 1. The van der Waals surface area contributed by atoms with Gasteiger partial charge in [0.15, 0.2) is 0 Å². The zero-order valence-corrected chi connectivity index (χ0v) is 9.43. The SMILES string of the molecule is N=C(N)CC1(COCC2CCCC2)CC1.